The number of halogens is 1. The van der Waals surface area contributed by atoms with Crippen LogP contribution in [0.1, 0.15) is 11.1 Å². The maximum absolute atomic E-state index is 11.3. The molecule has 5 nitrogen and oxygen atoms in total. The second-order valence-corrected chi connectivity index (χ2v) is 6.11. The van der Waals surface area contributed by atoms with Gasteiger partial charge in [0.25, 0.3) is 0 Å². The van der Waals surface area contributed by atoms with Crippen molar-refractivity contribution in [1.29, 1.82) is 0 Å². The van der Waals surface area contributed by atoms with Crippen molar-refractivity contribution in [3.05, 3.63) is 94.4 Å². The van der Waals surface area contributed by atoms with E-state index in [4.69, 9.17) is 4.74 Å². The van der Waals surface area contributed by atoms with Crippen LogP contribution in [0, 0.1) is 0 Å². The van der Waals surface area contributed by atoms with Crippen LogP contribution in [-0.4, -0.2) is 9.97 Å². The number of H-pyrrole nitrogens is 2. The first kappa shape index (κ1) is 18.6. The summed E-state index contributed by atoms with van der Waals surface area (Å²) in [5, 5.41) is 3.37. The minimum atomic E-state index is -0.194. The van der Waals surface area contributed by atoms with Crippen molar-refractivity contribution in [3.63, 3.8) is 0 Å². The van der Waals surface area contributed by atoms with Gasteiger partial charge in [0.15, 0.2) is 0 Å². The van der Waals surface area contributed by atoms with Gasteiger partial charge in [-0.1, -0.05) is 42.5 Å². The molecule has 0 saturated carbocycles. The molecule has 0 amide bonds. The third-order valence-electron chi connectivity index (χ3n) is 4.16. The van der Waals surface area contributed by atoms with Crippen molar-refractivity contribution in [3.8, 4) is 5.75 Å². The lowest BCUT2D eigenvalue weighted by Gasteiger charge is -2.10. The first-order valence-electron chi connectivity index (χ1n) is 8.48. The molecule has 6 heteroatoms. The highest BCUT2D eigenvalue weighted by Crippen LogP contribution is 2.18. The standard InChI is InChI=1S/C21H19N3O2.ClH/c25-21-23-19-10-9-17(12-20(19)24-21)22-13-16-7-4-8-18(11-16)26-14-15-5-2-1-3-6-15;/h1-12,22H,13-14H2,(H2,23,24,25);1H. The minimum Gasteiger partial charge on any atom is -0.489 e. The number of hydrogen-bond donors (Lipinski definition) is 3. The van der Waals surface area contributed by atoms with E-state index >= 15 is 0 Å². The smallest absolute Gasteiger partial charge is 0.323 e. The van der Waals surface area contributed by atoms with E-state index in [1.165, 1.54) is 0 Å². The maximum atomic E-state index is 11.3. The fourth-order valence-corrected chi connectivity index (χ4v) is 2.83. The van der Waals surface area contributed by atoms with Crippen LogP contribution in [0.25, 0.3) is 11.0 Å². The highest BCUT2D eigenvalue weighted by molar-refractivity contribution is 5.85. The number of benzene rings is 3. The van der Waals surface area contributed by atoms with Crippen LogP contribution in [0.15, 0.2) is 77.6 Å². The molecule has 0 radical (unpaired) electrons. The lowest BCUT2D eigenvalue weighted by atomic mass is 10.2. The molecule has 0 aliphatic carbocycles. The Morgan fingerprint density at radius 1 is 0.815 bits per heavy atom. The minimum absolute atomic E-state index is 0. The Bertz CT molecular complexity index is 1070. The average Bonchev–Trinajstić information content (AvgIpc) is 3.05. The molecule has 0 fully saturated rings. The van der Waals surface area contributed by atoms with Gasteiger partial charge in [-0.25, -0.2) is 4.79 Å². The topological polar surface area (TPSA) is 69.9 Å². The summed E-state index contributed by atoms with van der Waals surface area (Å²) in [6, 6.07) is 23.9. The third kappa shape index (κ3) is 4.71. The quantitative estimate of drug-likeness (QED) is 0.461. The number of nitrogens with one attached hydrogen (secondary N) is 3. The number of aromatic amines is 2. The molecule has 138 valence electrons. The molecule has 0 bridgehead atoms. The normalized spacial score (nSPS) is 10.4. The summed E-state index contributed by atoms with van der Waals surface area (Å²) in [7, 11) is 0. The molecule has 0 spiro atoms. The van der Waals surface area contributed by atoms with Gasteiger partial charge in [0.1, 0.15) is 12.4 Å². The van der Waals surface area contributed by atoms with E-state index in [9.17, 15) is 4.79 Å². The van der Waals surface area contributed by atoms with E-state index < -0.39 is 0 Å². The Labute approximate surface area is 162 Å². The lowest BCUT2D eigenvalue weighted by Crippen LogP contribution is -2.00. The predicted molar refractivity (Wildman–Crippen MR) is 111 cm³/mol. The van der Waals surface area contributed by atoms with Crippen molar-refractivity contribution in [2.45, 2.75) is 13.2 Å². The van der Waals surface area contributed by atoms with Crippen molar-refractivity contribution in [1.82, 2.24) is 9.97 Å². The number of fused-ring (bicyclic) bond motifs is 1. The van der Waals surface area contributed by atoms with Gasteiger partial charge in [0, 0.05) is 12.2 Å². The summed E-state index contributed by atoms with van der Waals surface area (Å²) >= 11 is 0. The number of imidazole rings is 1. The maximum Gasteiger partial charge on any atom is 0.323 e. The average molecular weight is 382 g/mol. The van der Waals surface area contributed by atoms with Gasteiger partial charge >= 0.3 is 5.69 Å². The van der Waals surface area contributed by atoms with Crippen LogP contribution in [0.2, 0.25) is 0 Å². The Morgan fingerprint density at radius 2 is 1.59 bits per heavy atom. The van der Waals surface area contributed by atoms with Crippen LogP contribution in [0.4, 0.5) is 5.69 Å². The van der Waals surface area contributed by atoms with Crippen LogP contribution in [0.5, 0.6) is 5.75 Å². The molecule has 0 atom stereocenters. The number of aromatic nitrogens is 2. The zero-order valence-electron chi connectivity index (χ0n) is 14.6. The molecule has 0 aliphatic heterocycles. The lowest BCUT2D eigenvalue weighted by molar-refractivity contribution is 0.306. The molecule has 3 aromatic carbocycles. The second kappa shape index (κ2) is 8.47. The SMILES string of the molecule is Cl.O=c1[nH]c2ccc(NCc3cccc(OCc4ccccc4)c3)cc2[nH]1. The van der Waals surface area contributed by atoms with Gasteiger partial charge in [-0.15, -0.1) is 12.4 Å². The zero-order valence-corrected chi connectivity index (χ0v) is 15.4. The van der Waals surface area contributed by atoms with E-state index in [-0.39, 0.29) is 18.1 Å². The monoisotopic (exact) mass is 381 g/mol. The van der Waals surface area contributed by atoms with Crippen LogP contribution >= 0.6 is 12.4 Å². The number of ether oxygens (including phenoxy) is 1. The third-order valence-corrected chi connectivity index (χ3v) is 4.16. The second-order valence-electron chi connectivity index (χ2n) is 6.11. The number of hydrogen-bond acceptors (Lipinski definition) is 3. The van der Waals surface area contributed by atoms with Crippen molar-refractivity contribution >= 4 is 29.1 Å². The van der Waals surface area contributed by atoms with Gasteiger partial charge < -0.3 is 20.0 Å². The molecule has 3 N–H and O–H groups in total. The van der Waals surface area contributed by atoms with E-state index in [0.717, 1.165) is 33.6 Å². The van der Waals surface area contributed by atoms with Crippen LogP contribution < -0.4 is 15.7 Å². The summed E-state index contributed by atoms with van der Waals surface area (Å²) in [4.78, 5) is 16.8. The zero-order chi connectivity index (χ0) is 17.8. The van der Waals surface area contributed by atoms with Crippen molar-refractivity contribution in [2.24, 2.45) is 0 Å². The first-order chi connectivity index (χ1) is 12.8. The van der Waals surface area contributed by atoms with Gasteiger partial charge in [-0.2, -0.15) is 0 Å². The largest absolute Gasteiger partial charge is 0.489 e. The highest BCUT2D eigenvalue weighted by Gasteiger charge is 2.02. The fourth-order valence-electron chi connectivity index (χ4n) is 2.83. The van der Waals surface area contributed by atoms with E-state index in [2.05, 4.69) is 21.4 Å². The van der Waals surface area contributed by atoms with Crippen molar-refractivity contribution < 1.29 is 4.74 Å². The summed E-state index contributed by atoms with van der Waals surface area (Å²) in [6.07, 6.45) is 0. The molecule has 1 aromatic heterocycles. The Hall–Kier alpha value is -3.18. The molecule has 27 heavy (non-hydrogen) atoms. The van der Waals surface area contributed by atoms with E-state index in [0.29, 0.717) is 13.2 Å². The Kier molecular flexibility index (Phi) is 5.84. The van der Waals surface area contributed by atoms with Crippen LogP contribution in [-0.2, 0) is 13.2 Å². The summed E-state index contributed by atoms with van der Waals surface area (Å²) in [5.74, 6) is 0.846. The molecule has 4 aromatic rings. The molecular formula is C21H20ClN3O2. The predicted octanol–water partition coefficient (Wildman–Crippen LogP) is 4.47. The summed E-state index contributed by atoms with van der Waals surface area (Å²) < 4.78 is 5.87. The van der Waals surface area contributed by atoms with Crippen molar-refractivity contribution in [2.75, 3.05) is 5.32 Å². The van der Waals surface area contributed by atoms with Gasteiger partial charge in [-0.3, -0.25) is 0 Å². The molecule has 0 saturated heterocycles. The van der Waals surface area contributed by atoms with Crippen LogP contribution in [0.3, 0.4) is 0 Å². The Morgan fingerprint density at radius 3 is 2.44 bits per heavy atom. The Balaban J connectivity index is 0.00000210. The van der Waals surface area contributed by atoms with Gasteiger partial charge in [-0.05, 0) is 41.5 Å². The fraction of sp³-hybridized carbons (Fsp3) is 0.0952. The van der Waals surface area contributed by atoms with E-state index in [1.54, 1.807) is 0 Å². The van der Waals surface area contributed by atoms with E-state index in [1.807, 2.05) is 66.7 Å². The molecule has 1 heterocycles. The first-order valence-corrected chi connectivity index (χ1v) is 8.48. The highest BCUT2D eigenvalue weighted by atomic mass is 35.5. The molecule has 0 unspecified atom stereocenters. The summed E-state index contributed by atoms with van der Waals surface area (Å²) in [6.45, 7) is 1.22. The van der Waals surface area contributed by atoms with Gasteiger partial charge in [0.2, 0.25) is 0 Å². The number of anilines is 1. The number of rotatable bonds is 6. The van der Waals surface area contributed by atoms with Gasteiger partial charge in [0.05, 0.1) is 11.0 Å². The molecule has 4 rings (SSSR count). The molecule has 0 aliphatic rings. The molecular weight excluding hydrogens is 362 g/mol. The summed E-state index contributed by atoms with van der Waals surface area (Å²) in [5.41, 5.74) is 4.61.